The average molecular weight is 246 g/mol. The van der Waals surface area contributed by atoms with Crippen molar-refractivity contribution in [2.75, 3.05) is 11.5 Å². The fourth-order valence-corrected chi connectivity index (χ4v) is 3.50. The third-order valence-corrected chi connectivity index (χ3v) is 4.46. The van der Waals surface area contributed by atoms with E-state index in [9.17, 15) is 13.5 Å². The summed E-state index contributed by atoms with van der Waals surface area (Å²) in [5.41, 5.74) is 0. The second-order valence-electron chi connectivity index (χ2n) is 4.12. The molecule has 1 fully saturated rings. The highest BCUT2D eigenvalue weighted by molar-refractivity contribution is 7.91. The van der Waals surface area contributed by atoms with E-state index in [1.807, 2.05) is 0 Å². The molecule has 2 atom stereocenters. The summed E-state index contributed by atoms with van der Waals surface area (Å²) < 4.78 is 27.8. The number of aliphatic hydroxyl groups is 1. The van der Waals surface area contributed by atoms with Gasteiger partial charge in [0, 0.05) is 0 Å². The minimum absolute atomic E-state index is 0.0639. The van der Waals surface area contributed by atoms with Gasteiger partial charge in [-0.2, -0.15) is 4.98 Å². The molecule has 1 aliphatic heterocycles. The first kappa shape index (κ1) is 11.5. The Hall–Kier alpha value is -0.950. The second kappa shape index (κ2) is 4.14. The van der Waals surface area contributed by atoms with Gasteiger partial charge in [0.05, 0.1) is 17.4 Å². The molecule has 2 rings (SSSR count). The molecule has 0 aromatic carbocycles. The first-order chi connectivity index (χ1) is 7.48. The van der Waals surface area contributed by atoms with Gasteiger partial charge in [0.2, 0.25) is 5.89 Å². The molecule has 90 valence electrons. The van der Waals surface area contributed by atoms with Gasteiger partial charge in [0.15, 0.2) is 15.7 Å². The van der Waals surface area contributed by atoms with E-state index in [1.54, 1.807) is 0 Å². The van der Waals surface area contributed by atoms with E-state index >= 15 is 0 Å². The minimum Gasteiger partial charge on any atom is -0.385 e. The van der Waals surface area contributed by atoms with Crippen molar-refractivity contribution >= 4 is 9.84 Å². The standard InChI is InChI=1S/C9H14N2O4S/c1-6(12)8-10-9(15-11-8)7-3-2-4-16(13,14)5-7/h6-7,12H,2-5H2,1H3. The lowest BCUT2D eigenvalue weighted by Gasteiger charge is -2.17. The van der Waals surface area contributed by atoms with Crippen LogP contribution in [0, 0.1) is 0 Å². The van der Waals surface area contributed by atoms with E-state index in [1.165, 1.54) is 6.92 Å². The highest BCUT2D eigenvalue weighted by atomic mass is 32.2. The Kier molecular flexibility index (Phi) is 2.98. The summed E-state index contributed by atoms with van der Waals surface area (Å²) in [7, 11) is -2.98. The van der Waals surface area contributed by atoms with E-state index in [0.717, 1.165) is 6.42 Å². The molecule has 2 heterocycles. The Bertz CT molecular complexity index is 466. The summed E-state index contributed by atoms with van der Waals surface area (Å²) >= 11 is 0. The van der Waals surface area contributed by atoms with Crippen molar-refractivity contribution in [3.8, 4) is 0 Å². The van der Waals surface area contributed by atoms with Crippen molar-refractivity contribution in [3.05, 3.63) is 11.7 Å². The lowest BCUT2D eigenvalue weighted by Crippen LogP contribution is -2.23. The molecule has 1 aromatic heterocycles. The molecule has 1 N–H and O–H groups in total. The van der Waals surface area contributed by atoms with Gasteiger partial charge in [0.25, 0.3) is 0 Å². The van der Waals surface area contributed by atoms with Crippen LogP contribution in [0.4, 0.5) is 0 Å². The summed E-state index contributed by atoms with van der Waals surface area (Å²) in [6.07, 6.45) is 0.567. The topological polar surface area (TPSA) is 93.3 Å². The monoisotopic (exact) mass is 246 g/mol. The largest absolute Gasteiger partial charge is 0.385 e. The molecule has 1 saturated heterocycles. The van der Waals surface area contributed by atoms with Crippen LogP contribution in [0.15, 0.2) is 4.52 Å². The van der Waals surface area contributed by atoms with Crippen LogP contribution in [-0.4, -0.2) is 35.2 Å². The lowest BCUT2D eigenvalue weighted by atomic mass is 10.1. The summed E-state index contributed by atoms with van der Waals surface area (Å²) in [6, 6.07) is 0. The van der Waals surface area contributed by atoms with E-state index in [-0.39, 0.29) is 23.2 Å². The molecule has 16 heavy (non-hydrogen) atoms. The number of hydrogen-bond donors (Lipinski definition) is 1. The maximum Gasteiger partial charge on any atom is 0.230 e. The first-order valence-electron chi connectivity index (χ1n) is 5.20. The van der Waals surface area contributed by atoms with Gasteiger partial charge in [-0.25, -0.2) is 8.42 Å². The Labute approximate surface area is 93.6 Å². The quantitative estimate of drug-likeness (QED) is 0.812. The van der Waals surface area contributed by atoms with Crippen molar-refractivity contribution in [1.82, 2.24) is 10.1 Å². The van der Waals surface area contributed by atoms with Gasteiger partial charge in [-0.1, -0.05) is 5.16 Å². The van der Waals surface area contributed by atoms with Crippen LogP contribution in [0.3, 0.4) is 0 Å². The normalized spacial score (nSPS) is 26.5. The number of aromatic nitrogens is 2. The average Bonchev–Trinajstić information content (AvgIpc) is 2.64. The van der Waals surface area contributed by atoms with Crippen LogP contribution in [0.1, 0.15) is 43.5 Å². The van der Waals surface area contributed by atoms with Gasteiger partial charge in [-0.05, 0) is 19.8 Å². The number of rotatable bonds is 2. The summed E-state index contributed by atoms with van der Waals surface area (Å²) in [5, 5.41) is 12.8. The number of hydrogen-bond acceptors (Lipinski definition) is 6. The Morgan fingerprint density at radius 2 is 2.31 bits per heavy atom. The van der Waals surface area contributed by atoms with Crippen molar-refractivity contribution < 1.29 is 18.0 Å². The molecule has 7 heteroatoms. The van der Waals surface area contributed by atoms with E-state index in [0.29, 0.717) is 12.3 Å². The highest BCUT2D eigenvalue weighted by Gasteiger charge is 2.30. The molecule has 0 bridgehead atoms. The molecule has 2 unspecified atom stereocenters. The number of nitrogens with zero attached hydrogens (tertiary/aromatic N) is 2. The van der Waals surface area contributed by atoms with E-state index < -0.39 is 15.9 Å². The van der Waals surface area contributed by atoms with E-state index in [2.05, 4.69) is 10.1 Å². The van der Waals surface area contributed by atoms with Crippen molar-refractivity contribution in [2.24, 2.45) is 0 Å². The number of aliphatic hydroxyl groups excluding tert-OH is 1. The van der Waals surface area contributed by atoms with Gasteiger partial charge in [-0.3, -0.25) is 0 Å². The highest BCUT2D eigenvalue weighted by Crippen LogP contribution is 2.27. The summed E-state index contributed by atoms with van der Waals surface area (Å²) in [5.74, 6) is 0.603. The van der Waals surface area contributed by atoms with E-state index in [4.69, 9.17) is 4.52 Å². The predicted molar refractivity (Wildman–Crippen MR) is 55.6 cm³/mol. The zero-order valence-electron chi connectivity index (χ0n) is 8.96. The Morgan fingerprint density at radius 1 is 1.56 bits per heavy atom. The maximum atomic E-state index is 11.4. The fourth-order valence-electron chi connectivity index (χ4n) is 1.80. The third kappa shape index (κ3) is 2.41. The molecule has 6 nitrogen and oxygen atoms in total. The second-order valence-corrected chi connectivity index (χ2v) is 6.35. The molecule has 0 radical (unpaired) electrons. The summed E-state index contributed by atoms with van der Waals surface area (Å²) in [4.78, 5) is 4.01. The predicted octanol–water partition coefficient (Wildman–Crippen LogP) is 0.415. The zero-order valence-corrected chi connectivity index (χ0v) is 9.77. The molecule has 1 aliphatic rings. The smallest absolute Gasteiger partial charge is 0.230 e. The van der Waals surface area contributed by atoms with Crippen LogP contribution >= 0.6 is 0 Å². The first-order valence-corrected chi connectivity index (χ1v) is 7.02. The Balaban J connectivity index is 2.17. The molecule has 0 aliphatic carbocycles. The zero-order chi connectivity index (χ0) is 11.8. The van der Waals surface area contributed by atoms with Crippen molar-refractivity contribution in [3.63, 3.8) is 0 Å². The third-order valence-electron chi connectivity index (χ3n) is 2.64. The van der Waals surface area contributed by atoms with Gasteiger partial charge in [0.1, 0.15) is 6.10 Å². The number of sulfone groups is 1. The van der Waals surface area contributed by atoms with Crippen LogP contribution in [0.5, 0.6) is 0 Å². The van der Waals surface area contributed by atoms with Crippen molar-refractivity contribution in [1.29, 1.82) is 0 Å². The van der Waals surface area contributed by atoms with Crippen LogP contribution in [0.25, 0.3) is 0 Å². The lowest BCUT2D eigenvalue weighted by molar-refractivity contribution is 0.184. The van der Waals surface area contributed by atoms with Crippen LogP contribution < -0.4 is 0 Å². The van der Waals surface area contributed by atoms with Crippen LogP contribution in [0.2, 0.25) is 0 Å². The van der Waals surface area contributed by atoms with Gasteiger partial charge >= 0.3 is 0 Å². The van der Waals surface area contributed by atoms with Crippen molar-refractivity contribution in [2.45, 2.75) is 31.8 Å². The molecule has 0 saturated carbocycles. The minimum atomic E-state index is -2.98. The maximum absolute atomic E-state index is 11.4. The molecule has 0 amide bonds. The molecule has 0 spiro atoms. The molecule has 1 aromatic rings. The fraction of sp³-hybridized carbons (Fsp3) is 0.778. The van der Waals surface area contributed by atoms with Crippen LogP contribution in [-0.2, 0) is 9.84 Å². The molecular weight excluding hydrogens is 232 g/mol. The van der Waals surface area contributed by atoms with Gasteiger partial charge < -0.3 is 9.63 Å². The SMILES string of the molecule is CC(O)c1noc(C2CCCS(=O)(=O)C2)n1. The Morgan fingerprint density at radius 3 is 2.88 bits per heavy atom. The van der Waals surface area contributed by atoms with Gasteiger partial charge in [-0.15, -0.1) is 0 Å². The summed E-state index contributed by atoms with van der Waals surface area (Å²) in [6.45, 7) is 1.53. The molecular formula is C9H14N2O4S.